The highest BCUT2D eigenvalue weighted by Gasteiger charge is 2.42. The lowest BCUT2D eigenvalue weighted by molar-refractivity contribution is -0.143. The van der Waals surface area contributed by atoms with Crippen LogP contribution in [0.4, 0.5) is 0 Å². The number of hydrogen-bond donors (Lipinski definition) is 0. The normalized spacial score (nSPS) is 21.1. The second kappa shape index (κ2) is 8.42. The Hall–Kier alpha value is -1.89. The standard InChI is InChI=1S/C20H33N5O2/c1-17(25-14-9-21-16-25)19(27)23-12-7-20(8-13-23)6-5-18(26)24(15-20)11-4-10-22(2)3/h9,14,16-17H,4-8,10-13,15H2,1-3H3/t17-/m1/s1. The predicted molar refractivity (Wildman–Crippen MR) is 104 cm³/mol. The highest BCUT2D eigenvalue weighted by molar-refractivity contribution is 5.80. The molecule has 0 radical (unpaired) electrons. The van der Waals surface area contributed by atoms with Gasteiger partial charge < -0.3 is 19.3 Å². The van der Waals surface area contributed by atoms with Crippen molar-refractivity contribution in [3.8, 4) is 0 Å². The van der Waals surface area contributed by atoms with Crippen LogP contribution in [0, 0.1) is 5.41 Å². The monoisotopic (exact) mass is 375 g/mol. The van der Waals surface area contributed by atoms with Gasteiger partial charge in [-0.25, -0.2) is 4.98 Å². The summed E-state index contributed by atoms with van der Waals surface area (Å²) in [5.41, 5.74) is 0.195. The van der Waals surface area contributed by atoms with Crippen LogP contribution in [0.2, 0.25) is 0 Å². The second-order valence-corrected chi connectivity index (χ2v) is 8.48. The van der Waals surface area contributed by atoms with E-state index in [2.05, 4.69) is 28.9 Å². The number of nitrogens with zero attached hydrogens (tertiary/aromatic N) is 5. The van der Waals surface area contributed by atoms with E-state index in [1.165, 1.54) is 0 Å². The Labute approximate surface area is 162 Å². The summed E-state index contributed by atoms with van der Waals surface area (Å²) in [6.07, 6.45) is 9.87. The van der Waals surface area contributed by atoms with E-state index in [-0.39, 0.29) is 17.4 Å². The van der Waals surface area contributed by atoms with Gasteiger partial charge in [0.25, 0.3) is 0 Å². The van der Waals surface area contributed by atoms with Gasteiger partial charge >= 0.3 is 0 Å². The van der Waals surface area contributed by atoms with E-state index in [1.807, 2.05) is 22.6 Å². The van der Waals surface area contributed by atoms with E-state index in [1.54, 1.807) is 12.5 Å². The molecule has 1 aromatic rings. The summed E-state index contributed by atoms with van der Waals surface area (Å²) in [5.74, 6) is 0.462. The van der Waals surface area contributed by atoms with Crippen molar-refractivity contribution in [2.75, 3.05) is 46.8 Å². The maximum Gasteiger partial charge on any atom is 0.245 e. The van der Waals surface area contributed by atoms with Crippen molar-refractivity contribution in [3.05, 3.63) is 18.7 Å². The molecule has 2 saturated heterocycles. The van der Waals surface area contributed by atoms with Crippen molar-refractivity contribution in [2.45, 2.75) is 45.1 Å². The number of piperidine rings is 2. The van der Waals surface area contributed by atoms with Crippen LogP contribution in [0.1, 0.15) is 45.1 Å². The molecule has 1 aromatic heterocycles. The van der Waals surface area contributed by atoms with Crippen molar-refractivity contribution in [1.82, 2.24) is 24.3 Å². The molecule has 2 amide bonds. The Kier molecular flexibility index (Phi) is 6.19. The molecule has 2 aliphatic heterocycles. The zero-order valence-electron chi connectivity index (χ0n) is 16.9. The van der Waals surface area contributed by atoms with Crippen LogP contribution < -0.4 is 0 Å². The van der Waals surface area contributed by atoms with E-state index in [0.29, 0.717) is 12.3 Å². The van der Waals surface area contributed by atoms with Gasteiger partial charge in [-0.05, 0) is 58.7 Å². The molecule has 1 atom stereocenters. The number of hydrogen-bond acceptors (Lipinski definition) is 4. The first-order valence-electron chi connectivity index (χ1n) is 10.1. The molecular weight excluding hydrogens is 342 g/mol. The average Bonchev–Trinajstić information content (AvgIpc) is 3.19. The van der Waals surface area contributed by atoms with Gasteiger partial charge in [-0.3, -0.25) is 9.59 Å². The van der Waals surface area contributed by atoms with Gasteiger partial charge in [-0.1, -0.05) is 0 Å². The van der Waals surface area contributed by atoms with E-state index in [4.69, 9.17) is 0 Å². The Morgan fingerprint density at radius 1 is 1.30 bits per heavy atom. The predicted octanol–water partition coefficient (Wildman–Crippen LogP) is 1.63. The molecule has 0 aromatic carbocycles. The van der Waals surface area contributed by atoms with Crippen LogP contribution in [-0.2, 0) is 9.59 Å². The summed E-state index contributed by atoms with van der Waals surface area (Å²) in [6, 6.07) is -0.211. The van der Waals surface area contributed by atoms with Crippen LogP contribution >= 0.6 is 0 Å². The smallest absolute Gasteiger partial charge is 0.245 e. The molecule has 0 aliphatic carbocycles. The van der Waals surface area contributed by atoms with Gasteiger partial charge in [-0.15, -0.1) is 0 Å². The van der Waals surface area contributed by atoms with Crippen molar-refractivity contribution in [3.63, 3.8) is 0 Å². The molecule has 0 saturated carbocycles. The van der Waals surface area contributed by atoms with E-state index in [0.717, 1.165) is 58.4 Å². The maximum absolute atomic E-state index is 12.8. The summed E-state index contributed by atoms with van der Waals surface area (Å²) in [7, 11) is 4.13. The minimum Gasteiger partial charge on any atom is -0.342 e. The third-order valence-corrected chi connectivity index (χ3v) is 6.25. The molecule has 2 fully saturated rings. The third kappa shape index (κ3) is 4.69. The van der Waals surface area contributed by atoms with Gasteiger partial charge in [-0.2, -0.15) is 0 Å². The van der Waals surface area contributed by atoms with Gasteiger partial charge in [0.05, 0.1) is 6.33 Å². The Morgan fingerprint density at radius 2 is 2.04 bits per heavy atom. The van der Waals surface area contributed by atoms with Crippen LogP contribution in [0.5, 0.6) is 0 Å². The molecule has 7 heteroatoms. The number of amides is 2. The minimum absolute atomic E-state index is 0.164. The molecule has 0 N–H and O–H groups in total. The molecule has 0 bridgehead atoms. The number of aromatic nitrogens is 2. The first kappa shape index (κ1) is 19.9. The second-order valence-electron chi connectivity index (χ2n) is 8.48. The van der Waals surface area contributed by atoms with Gasteiger partial charge in [0.15, 0.2) is 0 Å². The fourth-order valence-corrected chi connectivity index (χ4v) is 4.38. The number of likely N-dealkylation sites (tertiary alicyclic amines) is 2. The van der Waals surface area contributed by atoms with Gasteiger partial charge in [0.2, 0.25) is 11.8 Å². The molecule has 2 aliphatic rings. The van der Waals surface area contributed by atoms with Crippen LogP contribution in [0.15, 0.2) is 18.7 Å². The number of imidazole rings is 1. The topological polar surface area (TPSA) is 61.7 Å². The molecule has 1 spiro atoms. The van der Waals surface area contributed by atoms with Gasteiger partial charge in [0.1, 0.15) is 6.04 Å². The van der Waals surface area contributed by atoms with Gasteiger partial charge in [0, 0.05) is 45.0 Å². The highest BCUT2D eigenvalue weighted by Crippen LogP contribution is 2.40. The lowest BCUT2D eigenvalue weighted by Gasteiger charge is -2.47. The summed E-state index contributed by atoms with van der Waals surface area (Å²) < 4.78 is 1.86. The zero-order chi connectivity index (χ0) is 19.4. The molecule has 0 unspecified atom stereocenters. The number of rotatable bonds is 6. The van der Waals surface area contributed by atoms with Crippen molar-refractivity contribution in [1.29, 1.82) is 0 Å². The molecule has 27 heavy (non-hydrogen) atoms. The Bertz CT molecular complexity index is 635. The summed E-state index contributed by atoms with van der Waals surface area (Å²) in [6.45, 7) is 6.22. The zero-order valence-corrected chi connectivity index (χ0v) is 16.9. The molecule has 3 rings (SSSR count). The van der Waals surface area contributed by atoms with E-state index < -0.39 is 0 Å². The molecular formula is C20H33N5O2. The van der Waals surface area contributed by atoms with E-state index in [9.17, 15) is 9.59 Å². The average molecular weight is 376 g/mol. The van der Waals surface area contributed by atoms with Crippen molar-refractivity contribution in [2.24, 2.45) is 5.41 Å². The molecule has 3 heterocycles. The fraction of sp³-hybridized carbons (Fsp3) is 0.750. The third-order valence-electron chi connectivity index (χ3n) is 6.25. The SMILES string of the molecule is C[C@H](C(=O)N1CCC2(CCC(=O)N(CCCN(C)C)C2)CC1)n1ccnc1. The minimum atomic E-state index is -0.211. The van der Waals surface area contributed by atoms with Crippen LogP contribution in [0.3, 0.4) is 0 Å². The largest absolute Gasteiger partial charge is 0.342 e. The Balaban J connectivity index is 1.54. The molecule has 7 nitrogen and oxygen atoms in total. The molecule has 150 valence electrons. The van der Waals surface area contributed by atoms with Crippen molar-refractivity contribution >= 4 is 11.8 Å². The summed E-state index contributed by atoms with van der Waals surface area (Å²) >= 11 is 0. The highest BCUT2D eigenvalue weighted by atomic mass is 16.2. The maximum atomic E-state index is 12.8. The summed E-state index contributed by atoms with van der Waals surface area (Å²) in [5, 5.41) is 0. The first-order valence-corrected chi connectivity index (χ1v) is 10.1. The van der Waals surface area contributed by atoms with Crippen LogP contribution in [0.25, 0.3) is 0 Å². The lowest BCUT2D eigenvalue weighted by Crippen LogP contribution is -2.53. The summed E-state index contributed by atoms with van der Waals surface area (Å²) in [4.78, 5) is 35.4. The number of carbonyl (C=O) groups excluding carboxylic acids is 2. The van der Waals surface area contributed by atoms with Crippen LogP contribution in [-0.4, -0.2) is 82.9 Å². The van der Waals surface area contributed by atoms with Crippen molar-refractivity contribution < 1.29 is 9.59 Å². The quantitative estimate of drug-likeness (QED) is 0.758. The Morgan fingerprint density at radius 3 is 2.67 bits per heavy atom. The fourth-order valence-electron chi connectivity index (χ4n) is 4.38. The van der Waals surface area contributed by atoms with E-state index >= 15 is 0 Å². The number of carbonyl (C=O) groups is 2. The first-order chi connectivity index (χ1) is 12.9. The lowest BCUT2D eigenvalue weighted by atomic mass is 9.72.